The molecule has 8 heteroatoms. The molecule has 24 heavy (non-hydrogen) atoms. The van der Waals surface area contributed by atoms with Gasteiger partial charge in [-0.2, -0.15) is 0 Å². The van der Waals surface area contributed by atoms with Gasteiger partial charge >= 0.3 is 5.97 Å². The number of halogens is 1. The van der Waals surface area contributed by atoms with Crippen molar-refractivity contribution in [2.45, 2.75) is 52.6 Å². The van der Waals surface area contributed by atoms with E-state index in [1.54, 1.807) is 0 Å². The molecule has 0 unspecified atom stereocenters. The van der Waals surface area contributed by atoms with Crippen LogP contribution in [0.5, 0.6) is 0 Å². The highest BCUT2D eigenvalue weighted by Gasteiger charge is 2.18. The van der Waals surface area contributed by atoms with Gasteiger partial charge in [-0.15, -0.1) is 24.0 Å². The molecule has 1 amide bonds. The number of guanidine groups is 1. The minimum atomic E-state index is -0.212. The summed E-state index contributed by atoms with van der Waals surface area (Å²) >= 11 is 0. The Morgan fingerprint density at radius 2 is 2.12 bits per heavy atom. The third-order valence-corrected chi connectivity index (χ3v) is 3.36. The smallest absolute Gasteiger partial charge is 0.307 e. The van der Waals surface area contributed by atoms with Crippen LogP contribution in [0.25, 0.3) is 0 Å². The molecule has 2 N–H and O–H groups in total. The third-order valence-electron chi connectivity index (χ3n) is 3.36. The zero-order valence-corrected chi connectivity index (χ0v) is 17.3. The first-order chi connectivity index (χ1) is 11.0. The van der Waals surface area contributed by atoms with Crippen molar-refractivity contribution in [3.63, 3.8) is 0 Å². The van der Waals surface area contributed by atoms with Gasteiger partial charge in [-0.3, -0.25) is 14.6 Å². The van der Waals surface area contributed by atoms with Crippen LogP contribution in [0.4, 0.5) is 0 Å². The highest BCUT2D eigenvalue weighted by Crippen LogP contribution is 2.09. The maximum absolute atomic E-state index is 11.5. The van der Waals surface area contributed by atoms with Crippen LogP contribution in [-0.4, -0.2) is 61.6 Å². The Morgan fingerprint density at radius 1 is 1.38 bits per heavy atom. The largest absolute Gasteiger partial charge is 0.463 e. The van der Waals surface area contributed by atoms with E-state index in [0.29, 0.717) is 31.9 Å². The fourth-order valence-corrected chi connectivity index (χ4v) is 2.34. The van der Waals surface area contributed by atoms with Crippen molar-refractivity contribution in [1.82, 2.24) is 15.5 Å². The van der Waals surface area contributed by atoms with Crippen LogP contribution in [0.15, 0.2) is 4.99 Å². The number of carbonyl (C=O) groups is 2. The van der Waals surface area contributed by atoms with E-state index >= 15 is 0 Å². The number of ether oxygens (including phenoxy) is 1. The second-order valence-corrected chi connectivity index (χ2v) is 5.81. The average molecular weight is 454 g/mol. The van der Waals surface area contributed by atoms with Gasteiger partial charge in [-0.05, 0) is 33.6 Å². The zero-order chi connectivity index (χ0) is 17.1. The van der Waals surface area contributed by atoms with Crippen LogP contribution in [0, 0.1) is 0 Å². The maximum Gasteiger partial charge on any atom is 0.307 e. The standard InChI is InChI=1S/C16H30N4O3.HI/c1-4-17-16(19-10-8-15(22)23-13(2)3)18-9-6-12-20-11-5-7-14(20)21;/h13H,4-12H2,1-3H3,(H2,17,18,19);1H. The molecular formula is C16H31IN4O3. The number of nitrogens with zero attached hydrogens (tertiary/aromatic N) is 2. The molecule has 1 saturated heterocycles. The normalized spacial score (nSPS) is 14.6. The summed E-state index contributed by atoms with van der Waals surface area (Å²) in [5.74, 6) is 0.733. The average Bonchev–Trinajstić information content (AvgIpc) is 2.88. The van der Waals surface area contributed by atoms with Gasteiger partial charge in [0.25, 0.3) is 0 Å². The van der Waals surface area contributed by atoms with Crippen molar-refractivity contribution in [3.8, 4) is 0 Å². The molecule has 1 fully saturated rings. The summed E-state index contributed by atoms with van der Waals surface area (Å²) in [5.41, 5.74) is 0. The van der Waals surface area contributed by atoms with E-state index in [2.05, 4.69) is 15.6 Å². The van der Waals surface area contributed by atoms with E-state index < -0.39 is 0 Å². The highest BCUT2D eigenvalue weighted by atomic mass is 127. The fraction of sp³-hybridized carbons (Fsp3) is 0.812. The van der Waals surface area contributed by atoms with E-state index in [4.69, 9.17) is 4.74 Å². The number of amides is 1. The molecule has 0 aliphatic carbocycles. The second kappa shape index (κ2) is 13.3. The second-order valence-electron chi connectivity index (χ2n) is 5.81. The molecule has 0 aromatic carbocycles. The molecule has 1 rings (SSSR count). The Morgan fingerprint density at radius 3 is 2.71 bits per heavy atom. The van der Waals surface area contributed by atoms with Crippen molar-refractivity contribution < 1.29 is 14.3 Å². The zero-order valence-electron chi connectivity index (χ0n) is 15.0. The first-order valence-corrected chi connectivity index (χ1v) is 8.52. The van der Waals surface area contributed by atoms with Crippen LogP contribution >= 0.6 is 24.0 Å². The molecule has 0 radical (unpaired) electrons. The Kier molecular flexibility index (Phi) is 12.7. The van der Waals surface area contributed by atoms with E-state index in [1.807, 2.05) is 25.7 Å². The third kappa shape index (κ3) is 9.94. The van der Waals surface area contributed by atoms with Crippen molar-refractivity contribution in [3.05, 3.63) is 0 Å². The van der Waals surface area contributed by atoms with Gasteiger partial charge in [0.05, 0.1) is 12.5 Å². The predicted octanol–water partition coefficient (Wildman–Crippen LogP) is 1.51. The molecule has 0 atom stereocenters. The number of carbonyl (C=O) groups excluding carboxylic acids is 2. The predicted molar refractivity (Wildman–Crippen MR) is 106 cm³/mol. The summed E-state index contributed by atoms with van der Waals surface area (Å²) in [7, 11) is 0. The Bertz CT molecular complexity index is 416. The Labute approximate surface area is 162 Å². The molecule has 1 aliphatic rings. The molecule has 140 valence electrons. The number of hydrogen-bond donors (Lipinski definition) is 2. The molecule has 7 nitrogen and oxygen atoms in total. The van der Waals surface area contributed by atoms with E-state index in [-0.39, 0.29) is 42.0 Å². The monoisotopic (exact) mass is 454 g/mol. The number of nitrogens with one attached hydrogen (secondary N) is 2. The first kappa shape index (κ1) is 22.9. The molecule has 0 saturated carbocycles. The van der Waals surface area contributed by atoms with Crippen molar-refractivity contribution in [2.75, 3.05) is 32.7 Å². The lowest BCUT2D eigenvalue weighted by molar-refractivity contribution is -0.147. The summed E-state index contributed by atoms with van der Waals surface area (Å²) in [6.45, 7) is 9.20. The number of rotatable bonds is 9. The number of esters is 1. The van der Waals surface area contributed by atoms with Crippen molar-refractivity contribution in [1.29, 1.82) is 0 Å². The van der Waals surface area contributed by atoms with Gasteiger partial charge in [-0.1, -0.05) is 0 Å². The number of aliphatic imine (C=N–C) groups is 1. The maximum atomic E-state index is 11.5. The van der Waals surface area contributed by atoms with Gasteiger partial charge < -0.3 is 20.3 Å². The van der Waals surface area contributed by atoms with Crippen LogP contribution in [0.1, 0.15) is 46.5 Å². The lowest BCUT2D eigenvalue weighted by Gasteiger charge is -2.15. The van der Waals surface area contributed by atoms with Crippen LogP contribution in [0.3, 0.4) is 0 Å². The Hall–Kier alpha value is -1.06. The molecule has 0 bridgehead atoms. The van der Waals surface area contributed by atoms with Gasteiger partial charge in [-0.25, -0.2) is 0 Å². The Balaban J connectivity index is 0.00000529. The topological polar surface area (TPSA) is 83.0 Å². The summed E-state index contributed by atoms with van der Waals surface area (Å²) in [6.07, 6.45) is 2.72. The van der Waals surface area contributed by atoms with E-state index in [9.17, 15) is 9.59 Å². The highest BCUT2D eigenvalue weighted by molar-refractivity contribution is 14.0. The van der Waals surface area contributed by atoms with Gasteiger partial charge in [0.15, 0.2) is 5.96 Å². The SMILES string of the molecule is CCNC(=NCCCN1CCCC1=O)NCCC(=O)OC(C)C.I. The van der Waals surface area contributed by atoms with Crippen LogP contribution in [0.2, 0.25) is 0 Å². The van der Waals surface area contributed by atoms with Crippen LogP contribution in [-0.2, 0) is 14.3 Å². The molecule has 0 aromatic rings. The molecule has 0 aromatic heterocycles. The minimum Gasteiger partial charge on any atom is -0.463 e. The molecule has 1 aliphatic heterocycles. The summed E-state index contributed by atoms with van der Waals surface area (Å²) in [5, 5.41) is 6.26. The number of likely N-dealkylation sites (tertiary alicyclic amines) is 1. The molecule has 0 spiro atoms. The lowest BCUT2D eigenvalue weighted by Crippen LogP contribution is -2.38. The number of hydrogen-bond acceptors (Lipinski definition) is 4. The minimum absolute atomic E-state index is 0. The van der Waals surface area contributed by atoms with E-state index in [1.165, 1.54) is 0 Å². The summed E-state index contributed by atoms with van der Waals surface area (Å²) < 4.78 is 5.08. The summed E-state index contributed by atoms with van der Waals surface area (Å²) in [6, 6.07) is 0. The van der Waals surface area contributed by atoms with Crippen molar-refractivity contribution in [2.24, 2.45) is 4.99 Å². The molecule has 1 heterocycles. The first-order valence-electron chi connectivity index (χ1n) is 8.52. The summed E-state index contributed by atoms with van der Waals surface area (Å²) in [4.78, 5) is 29.3. The molecular weight excluding hydrogens is 423 g/mol. The van der Waals surface area contributed by atoms with Gasteiger partial charge in [0, 0.05) is 39.1 Å². The quantitative estimate of drug-likeness (QED) is 0.182. The fourth-order valence-electron chi connectivity index (χ4n) is 2.34. The van der Waals surface area contributed by atoms with Gasteiger partial charge in [0.2, 0.25) is 5.91 Å². The van der Waals surface area contributed by atoms with E-state index in [0.717, 1.165) is 32.5 Å². The van der Waals surface area contributed by atoms with Crippen molar-refractivity contribution >= 4 is 41.8 Å². The van der Waals surface area contributed by atoms with Gasteiger partial charge in [0.1, 0.15) is 0 Å². The lowest BCUT2D eigenvalue weighted by atomic mass is 10.4. The van der Waals surface area contributed by atoms with Crippen LogP contribution < -0.4 is 10.6 Å².